The molecule has 0 spiro atoms. The van der Waals surface area contributed by atoms with Crippen LogP contribution in [0.3, 0.4) is 0 Å². The Morgan fingerprint density at radius 2 is 2.09 bits per heavy atom. The van der Waals surface area contributed by atoms with E-state index >= 15 is 0 Å². The highest BCUT2D eigenvalue weighted by Crippen LogP contribution is 2.45. The predicted molar refractivity (Wildman–Crippen MR) is 91.1 cm³/mol. The Labute approximate surface area is 143 Å². The molecular weight excluding hydrogens is 334 g/mol. The van der Waals surface area contributed by atoms with Crippen LogP contribution in [-0.2, 0) is 4.79 Å². The lowest BCUT2D eigenvalue weighted by Gasteiger charge is -2.10. The molecule has 1 saturated carbocycles. The van der Waals surface area contributed by atoms with Gasteiger partial charge in [0.05, 0.1) is 10.3 Å². The molecule has 3 rings (SSSR count). The van der Waals surface area contributed by atoms with Gasteiger partial charge in [0, 0.05) is 16.4 Å². The second-order valence-corrected chi connectivity index (χ2v) is 7.39. The van der Waals surface area contributed by atoms with Crippen molar-refractivity contribution >= 4 is 34.8 Å². The van der Waals surface area contributed by atoms with Crippen molar-refractivity contribution < 1.29 is 14.7 Å². The molecule has 0 atom stereocenters. The number of hydrogen-bond donors (Lipinski definition) is 2. The van der Waals surface area contributed by atoms with Crippen LogP contribution in [0.5, 0.6) is 0 Å². The number of aryl methyl sites for hydroxylation is 1. The third kappa shape index (κ3) is 3.26. The van der Waals surface area contributed by atoms with E-state index in [1.807, 2.05) is 37.3 Å². The van der Waals surface area contributed by atoms with Gasteiger partial charge in [0.2, 0.25) is 0 Å². The Balaban J connectivity index is 1.75. The molecule has 120 valence electrons. The fraction of sp³-hybridized carbons (Fsp3) is 0.294. The number of amides is 1. The normalized spacial score (nSPS) is 15.2. The summed E-state index contributed by atoms with van der Waals surface area (Å²) in [5, 5.41) is 12.6. The lowest BCUT2D eigenvalue weighted by atomic mass is 10.1. The summed E-state index contributed by atoms with van der Waals surface area (Å²) in [5.74, 6) is -1.06. The minimum atomic E-state index is -0.834. The zero-order valence-corrected chi connectivity index (χ0v) is 14.1. The second kappa shape index (κ2) is 5.98. The van der Waals surface area contributed by atoms with Gasteiger partial charge in [-0.2, -0.15) is 0 Å². The molecule has 0 unspecified atom stereocenters. The molecule has 23 heavy (non-hydrogen) atoms. The van der Waals surface area contributed by atoms with Crippen molar-refractivity contribution in [3.8, 4) is 10.4 Å². The zero-order chi connectivity index (χ0) is 16.6. The standard InChI is InChI=1S/C17H16ClNO3S/c1-10-7-13(15(20)19-9-17(5-6-17)16(21)22)23-14(10)11-3-2-4-12(18)8-11/h2-4,7-8H,5-6,9H2,1H3,(H,19,20)(H,21,22). The fourth-order valence-electron chi connectivity index (χ4n) is 2.46. The maximum atomic E-state index is 12.3. The van der Waals surface area contributed by atoms with Crippen molar-refractivity contribution in [2.45, 2.75) is 19.8 Å². The van der Waals surface area contributed by atoms with Gasteiger partial charge in [-0.15, -0.1) is 11.3 Å². The van der Waals surface area contributed by atoms with Crippen molar-refractivity contribution in [1.82, 2.24) is 5.32 Å². The van der Waals surface area contributed by atoms with E-state index in [1.165, 1.54) is 11.3 Å². The number of carbonyl (C=O) groups excluding carboxylic acids is 1. The number of benzene rings is 1. The number of halogens is 1. The molecule has 0 saturated heterocycles. The largest absolute Gasteiger partial charge is 0.481 e. The maximum absolute atomic E-state index is 12.3. The monoisotopic (exact) mass is 349 g/mol. The Hall–Kier alpha value is -1.85. The lowest BCUT2D eigenvalue weighted by Crippen LogP contribution is -2.33. The molecule has 1 aromatic heterocycles. The first kappa shape index (κ1) is 16.0. The molecule has 1 heterocycles. The van der Waals surface area contributed by atoms with E-state index in [0.29, 0.717) is 22.7 Å². The summed E-state index contributed by atoms with van der Waals surface area (Å²) in [7, 11) is 0. The molecular formula is C17H16ClNO3S. The second-order valence-electron chi connectivity index (χ2n) is 5.90. The van der Waals surface area contributed by atoms with E-state index in [2.05, 4.69) is 5.32 Å². The number of thiophene rings is 1. The number of carboxylic acid groups (broad SMARTS) is 1. The lowest BCUT2D eigenvalue weighted by molar-refractivity contribution is -0.143. The fourth-order valence-corrected chi connectivity index (χ4v) is 3.74. The third-order valence-corrected chi connectivity index (χ3v) is 5.64. The van der Waals surface area contributed by atoms with Crippen LogP contribution in [0.15, 0.2) is 30.3 Å². The van der Waals surface area contributed by atoms with Crippen LogP contribution in [-0.4, -0.2) is 23.5 Å². The van der Waals surface area contributed by atoms with Gasteiger partial charge >= 0.3 is 5.97 Å². The van der Waals surface area contributed by atoms with Crippen LogP contribution in [0.1, 0.15) is 28.1 Å². The Bertz CT molecular complexity index is 780. The topological polar surface area (TPSA) is 66.4 Å². The number of hydrogen-bond acceptors (Lipinski definition) is 3. The molecule has 6 heteroatoms. The zero-order valence-electron chi connectivity index (χ0n) is 12.6. The SMILES string of the molecule is Cc1cc(C(=O)NCC2(C(=O)O)CC2)sc1-c1cccc(Cl)c1. The van der Waals surface area contributed by atoms with Crippen molar-refractivity contribution in [2.24, 2.45) is 5.41 Å². The van der Waals surface area contributed by atoms with Gasteiger partial charge in [0.1, 0.15) is 0 Å². The van der Waals surface area contributed by atoms with E-state index in [4.69, 9.17) is 16.7 Å². The highest BCUT2D eigenvalue weighted by molar-refractivity contribution is 7.17. The van der Waals surface area contributed by atoms with Crippen LogP contribution in [0.2, 0.25) is 5.02 Å². The predicted octanol–water partition coefficient (Wildman–Crippen LogP) is 3.97. The first-order valence-corrected chi connectivity index (χ1v) is 8.49. The molecule has 2 N–H and O–H groups in total. The average Bonchev–Trinajstić information content (AvgIpc) is 3.21. The average molecular weight is 350 g/mol. The van der Waals surface area contributed by atoms with Crippen LogP contribution in [0.4, 0.5) is 0 Å². The smallest absolute Gasteiger partial charge is 0.311 e. The van der Waals surface area contributed by atoms with Gasteiger partial charge in [0.15, 0.2) is 0 Å². The third-order valence-electron chi connectivity index (χ3n) is 4.12. The summed E-state index contributed by atoms with van der Waals surface area (Å²) < 4.78 is 0. The van der Waals surface area contributed by atoms with Crippen molar-refractivity contribution in [1.29, 1.82) is 0 Å². The summed E-state index contributed by atoms with van der Waals surface area (Å²) in [6.07, 6.45) is 1.25. The molecule has 4 nitrogen and oxygen atoms in total. The van der Waals surface area contributed by atoms with Crippen molar-refractivity contribution in [3.63, 3.8) is 0 Å². The summed E-state index contributed by atoms with van der Waals surface area (Å²) in [6, 6.07) is 9.33. The Morgan fingerprint density at radius 1 is 1.35 bits per heavy atom. The number of carboxylic acids is 1. The van der Waals surface area contributed by atoms with E-state index in [-0.39, 0.29) is 12.5 Å². The number of aliphatic carboxylic acids is 1. The van der Waals surface area contributed by atoms with Crippen molar-refractivity contribution in [3.05, 3.63) is 45.8 Å². The highest BCUT2D eigenvalue weighted by Gasteiger charge is 2.50. The summed E-state index contributed by atoms with van der Waals surface area (Å²) >= 11 is 7.41. The van der Waals surface area contributed by atoms with Crippen molar-refractivity contribution in [2.75, 3.05) is 6.54 Å². The molecule has 1 fully saturated rings. The molecule has 2 aromatic rings. The first-order chi connectivity index (χ1) is 10.9. The van der Waals surface area contributed by atoms with Gasteiger partial charge in [-0.05, 0) is 49.1 Å². The quantitative estimate of drug-likeness (QED) is 0.858. The molecule has 1 amide bonds. The molecule has 1 aromatic carbocycles. The van der Waals surface area contributed by atoms with Gasteiger partial charge < -0.3 is 10.4 Å². The Kier molecular flexibility index (Phi) is 4.17. The van der Waals surface area contributed by atoms with Gasteiger partial charge in [0.25, 0.3) is 5.91 Å². The highest BCUT2D eigenvalue weighted by atomic mass is 35.5. The minimum Gasteiger partial charge on any atom is -0.481 e. The molecule has 0 bridgehead atoms. The van der Waals surface area contributed by atoms with Gasteiger partial charge in [-0.25, -0.2) is 0 Å². The summed E-state index contributed by atoms with van der Waals surface area (Å²) in [5.41, 5.74) is 1.22. The number of carbonyl (C=O) groups is 2. The summed E-state index contributed by atoms with van der Waals surface area (Å²) in [6.45, 7) is 2.13. The summed E-state index contributed by atoms with van der Waals surface area (Å²) in [4.78, 5) is 25.0. The van der Waals surface area contributed by atoms with E-state index < -0.39 is 11.4 Å². The number of nitrogens with one attached hydrogen (secondary N) is 1. The minimum absolute atomic E-state index is 0.185. The van der Waals surface area contributed by atoms with Crippen LogP contribution >= 0.6 is 22.9 Å². The van der Waals surface area contributed by atoms with E-state index in [1.54, 1.807) is 0 Å². The van der Waals surface area contributed by atoms with Crippen LogP contribution in [0, 0.1) is 12.3 Å². The van der Waals surface area contributed by atoms with Crippen LogP contribution in [0.25, 0.3) is 10.4 Å². The molecule has 0 radical (unpaired) electrons. The molecule has 1 aliphatic carbocycles. The van der Waals surface area contributed by atoms with Crippen LogP contribution < -0.4 is 5.32 Å². The maximum Gasteiger partial charge on any atom is 0.311 e. The van der Waals surface area contributed by atoms with Gasteiger partial charge in [-0.3, -0.25) is 9.59 Å². The van der Waals surface area contributed by atoms with E-state index in [0.717, 1.165) is 16.0 Å². The Morgan fingerprint density at radius 3 is 2.70 bits per heavy atom. The number of rotatable bonds is 5. The van der Waals surface area contributed by atoms with E-state index in [9.17, 15) is 9.59 Å². The molecule has 0 aliphatic heterocycles. The van der Waals surface area contributed by atoms with Gasteiger partial charge in [-0.1, -0.05) is 23.7 Å². The molecule has 1 aliphatic rings. The first-order valence-electron chi connectivity index (χ1n) is 7.29.